The smallest absolute Gasteiger partial charge is 0.257 e. The molecule has 0 fully saturated rings. The van der Waals surface area contributed by atoms with Gasteiger partial charge in [-0.2, -0.15) is 0 Å². The second kappa shape index (κ2) is 5.04. The Labute approximate surface area is 110 Å². The Morgan fingerprint density at radius 2 is 2.18 bits per heavy atom. The van der Waals surface area contributed by atoms with Crippen LogP contribution < -0.4 is 5.73 Å². The van der Waals surface area contributed by atoms with Crippen molar-refractivity contribution in [2.24, 2.45) is 0 Å². The van der Waals surface area contributed by atoms with Crippen LogP contribution in [0.3, 0.4) is 0 Å². The molecular formula is C12H18BrN3O. The molecule has 4 nitrogen and oxygen atoms in total. The normalized spacial score (nSPS) is 11.4. The molecule has 0 atom stereocenters. The van der Waals surface area contributed by atoms with E-state index in [2.05, 4.69) is 20.9 Å². The second-order valence-corrected chi connectivity index (χ2v) is 5.53. The van der Waals surface area contributed by atoms with E-state index in [9.17, 15) is 4.79 Å². The number of nitrogens with two attached hydrogens (primary N) is 1. The summed E-state index contributed by atoms with van der Waals surface area (Å²) in [5, 5.41) is 0. The van der Waals surface area contributed by atoms with Crippen molar-refractivity contribution in [2.75, 3.05) is 12.8 Å². The highest BCUT2D eigenvalue weighted by molar-refractivity contribution is 9.10. The molecule has 94 valence electrons. The lowest BCUT2D eigenvalue weighted by molar-refractivity contribution is 0.0621. The van der Waals surface area contributed by atoms with Crippen LogP contribution in [0.25, 0.3) is 0 Å². The van der Waals surface area contributed by atoms with E-state index in [1.165, 1.54) is 0 Å². The summed E-state index contributed by atoms with van der Waals surface area (Å²) < 4.78 is 0.748. The van der Waals surface area contributed by atoms with Crippen LogP contribution in [0.5, 0.6) is 0 Å². The summed E-state index contributed by atoms with van der Waals surface area (Å²) >= 11 is 3.29. The largest absolute Gasteiger partial charge is 0.383 e. The third-order valence-corrected chi connectivity index (χ3v) is 3.63. The van der Waals surface area contributed by atoms with Gasteiger partial charge >= 0.3 is 0 Å². The van der Waals surface area contributed by atoms with Crippen molar-refractivity contribution >= 4 is 27.7 Å². The van der Waals surface area contributed by atoms with E-state index >= 15 is 0 Å². The maximum Gasteiger partial charge on any atom is 0.257 e. The zero-order valence-electron chi connectivity index (χ0n) is 10.6. The van der Waals surface area contributed by atoms with E-state index in [1.807, 2.05) is 20.8 Å². The van der Waals surface area contributed by atoms with Crippen molar-refractivity contribution in [2.45, 2.75) is 32.7 Å². The van der Waals surface area contributed by atoms with Crippen LogP contribution in [-0.2, 0) is 0 Å². The van der Waals surface area contributed by atoms with Crippen molar-refractivity contribution in [3.05, 3.63) is 22.3 Å². The molecule has 1 amide bonds. The number of hydrogen-bond acceptors (Lipinski definition) is 3. The predicted octanol–water partition coefficient (Wildman–Crippen LogP) is 2.69. The topological polar surface area (TPSA) is 59.2 Å². The quantitative estimate of drug-likeness (QED) is 0.933. The minimum atomic E-state index is -0.203. The molecule has 2 N–H and O–H groups in total. The van der Waals surface area contributed by atoms with Gasteiger partial charge in [-0.15, -0.1) is 0 Å². The van der Waals surface area contributed by atoms with Gasteiger partial charge in [-0.3, -0.25) is 4.79 Å². The highest BCUT2D eigenvalue weighted by atomic mass is 79.9. The minimum absolute atomic E-state index is 0.108. The first-order valence-corrected chi connectivity index (χ1v) is 6.28. The summed E-state index contributed by atoms with van der Waals surface area (Å²) in [6.45, 7) is 6.09. The first-order chi connectivity index (χ1) is 7.79. The molecule has 0 aromatic carbocycles. The number of amides is 1. The number of carbonyl (C=O) groups excluding carboxylic acids is 1. The molecule has 0 aliphatic carbocycles. The summed E-state index contributed by atoms with van der Waals surface area (Å²) in [5.74, 6) is 0.153. The second-order valence-electron chi connectivity index (χ2n) is 4.62. The Morgan fingerprint density at radius 1 is 1.59 bits per heavy atom. The first-order valence-electron chi connectivity index (χ1n) is 5.48. The van der Waals surface area contributed by atoms with E-state index in [0.717, 1.165) is 10.9 Å². The maximum absolute atomic E-state index is 12.3. The average molecular weight is 300 g/mol. The van der Waals surface area contributed by atoms with E-state index in [0.29, 0.717) is 5.56 Å². The van der Waals surface area contributed by atoms with E-state index in [1.54, 1.807) is 24.2 Å². The van der Waals surface area contributed by atoms with E-state index in [-0.39, 0.29) is 17.3 Å². The average Bonchev–Trinajstić information content (AvgIpc) is 2.30. The monoisotopic (exact) mass is 299 g/mol. The number of hydrogen-bond donors (Lipinski definition) is 1. The van der Waals surface area contributed by atoms with Crippen LogP contribution in [0.2, 0.25) is 0 Å². The van der Waals surface area contributed by atoms with Crippen LogP contribution >= 0.6 is 15.9 Å². The van der Waals surface area contributed by atoms with Crippen LogP contribution in [0.15, 0.2) is 16.7 Å². The van der Waals surface area contributed by atoms with Crippen molar-refractivity contribution < 1.29 is 4.79 Å². The number of carbonyl (C=O) groups is 1. The number of nitrogen functional groups attached to an aromatic ring is 1. The molecule has 1 aromatic rings. The first kappa shape index (κ1) is 14.0. The van der Waals surface area contributed by atoms with Gasteiger partial charge in [0.1, 0.15) is 5.82 Å². The van der Waals surface area contributed by atoms with Gasteiger partial charge in [0, 0.05) is 23.3 Å². The van der Waals surface area contributed by atoms with Crippen LogP contribution in [0.1, 0.15) is 37.6 Å². The lowest BCUT2D eigenvalue weighted by Gasteiger charge is -2.35. The molecule has 0 bridgehead atoms. The molecule has 0 saturated carbocycles. The summed E-state index contributed by atoms with van der Waals surface area (Å²) in [7, 11) is 1.78. The van der Waals surface area contributed by atoms with Crippen molar-refractivity contribution in [3.8, 4) is 0 Å². The fourth-order valence-corrected chi connectivity index (χ4v) is 1.65. The molecule has 0 saturated heterocycles. The molecule has 0 aliphatic heterocycles. The van der Waals surface area contributed by atoms with Crippen molar-refractivity contribution in [1.29, 1.82) is 0 Å². The summed E-state index contributed by atoms with van der Waals surface area (Å²) in [4.78, 5) is 18.0. The Balaban J connectivity index is 3.08. The standard InChI is InChI=1S/C12H18BrN3O/c1-5-12(2,3)16(4)11(17)9-6-8(13)7-15-10(9)14/h6-7H,5H2,1-4H3,(H2,14,15). The fourth-order valence-electron chi connectivity index (χ4n) is 1.31. The summed E-state index contributed by atoms with van der Waals surface area (Å²) in [6, 6.07) is 1.70. The van der Waals surface area contributed by atoms with Gasteiger partial charge in [-0.1, -0.05) is 6.92 Å². The number of halogens is 1. The minimum Gasteiger partial charge on any atom is -0.383 e. The van der Waals surface area contributed by atoms with Gasteiger partial charge in [0.25, 0.3) is 5.91 Å². The molecule has 5 heteroatoms. The van der Waals surface area contributed by atoms with Gasteiger partial charge in [-0.05, 0) is 42.3 Å². The maximum atomic E-state index is 12.3. The number of rotatable bonds is 3. The molecule has 0 radical (unpaired) electrons. The van der Waals surface area contributed by atoms with E-state index in [4.69, 9.17) is 5.73 Å². The van der Waals surface area contributed by atoms with Gasteiger partial charge < -0.3 is 10.6 Å². The van der Waals surface area contributed by atoms with Crippen molar-refractivity contribution in [3.63, 3.8) is 0 Å². The number of anilines is 1. The Hall–Kier alpha value is -1.10. The lowest BCUT2D eigenvalue weighted by Crippen LogP contribution is -2.44. The molecule has 1 rings (SSSR count). The molecule has 1 heterocycles. The fraction of sp³-hybridized carbons (Fsp3) is 0.500. The molecule has 1 aromatic heterocycles. The third-order valence-electron chi connectivity index (χ3n) is 3.19. The highest BCUT2D eigenvalue weighted by Gasteiger charge is 2.27. The third kappa shape index (κ3) is 2.97. The summed E-state index contributed by atoms with van der Waals surface area (Å²) in [6.07, 6.45) is 2.45. The number of nitrogens with zero attached hydrogens (tertiary/aromatic N) is 2. The van der Waals surface area contributed by atoms with Gasteiger partial charge in [-0.25, -0.2) is 4.98 Å². The Morgan fingerprint density at radius 3 is 2.71 bits per heavy atom. The van der Waals surface area contributed by atoms with Gasteiger partial charge in [0.05, 0.1) is 5.56 Å². The number of pyridine rings is 1. The molecule has 0 spiro atoms. The zero-order valence-corrected chi connectivity index (χ0v) is 12.2. The highest BCUT2D eigenvalue weighted by Crippen LogP contribution is 2.22. The van der Waals surface area contributed by atoms with Crippen LogP contribution in [0, 0.1) is 0 Å². The number of aromatic nitrogens is 1. The summed E-state index contributed by atoms with van der Waals surface area (Å²) in [5.41, 5.74) is 5.96. The Bertz CT molecular complexity index is 432. The van der Waals surface area contributed by atoms with Crippen LogP contribution in [-0.4, -0.2) is 28.4 Å². The zero-order chi connectivity index (χ0) is 13.2. The Kier molecular flexibility index (Phi) is 4.14. The van der Waals surface area contributed by atoms with Gasteiger partial charge in [0.2, 0.25) is 0 Å². The van der Waals surface area contributed by atoms with Crippen molar-refractivity contribution in [1.82, 2.24) is 9.88 Å². The SMILES string of the molecule is CCC(C)(C)N(C)C(=O)c1cc(Br)cnc1N. The lowest BCUT2D eigenvalue weighted by atomic mass is 9.99. The molecule has 17 heavy (non-hydrogen) atoms. The van der Waals surface area contributed by atoms with E-state index < -0.39 is 0 Å². The predicted molar refractivity (Wildman–Crippen MR) is 72.8 cm³/mol. The van der Waals surface area contributed by atoms with Gasteiger partial charge in [0.15, 0.2) is 0 Å². The molecule has 0 unspecified atom stereocenters. The van der Waals surface area contributed by atoms with Crippen LogP contribution in [0.4, 0.5) is 5.82 Å². The molecule has 0 aliphatic rings. The molecular weight excluding hydrogens is 282 g/mol.